The monoisotopic (exact) mass is 390 g/mol. The lowest BCUT2D eigenvalue weighted by molar-refractivity contribution is 0.103. The molecule has 0 saturated carbocycles. The Morgan fingerprint density at radius 3 is 2.66 bits per heavy atom. The van der Waals surface area contributed by atoms with Crippen molar-refractivity contribution in [1.82, 2.24) is 14.7 Å². The van der Waals surface area contributed by atoms with Crippen molar-refractivity contribution in [2.75, 3.05) is 11.9 Å². The topological polar surface area (TPSA) is 59.4 Å². The number of aromatic nitrogens is 2. The van der Waals surface area contributed by atoms with Crippen LogP contribution in [0.25, 0.3) is 0 Å². The van der Waals surface area contributed by atoms with Crippen LogP contribution in [0.2, 0.25) is 0 Å². The smallest absolute Gasteiger partial charge is 0.322 e. The Labute approximate surface area is 171 Å². The maximum atomic E-state index is 12.8. The molecule has 0 saturated heterocycles. The van der Waals surface area contributed by atoms with Crippen LogP contribution in [0.4, 0.5) is 10.5 Å². The molecule has 6 heteroatoms. The van der Waals surface area contributed by atoms with Crippen molar-refractivity contribution < 1.29 is 9.53 Å². The van der Waals surface area contributed by atoms with Crippen molar-refractivity contribution in [3.63, 3.8) is 0 Å². The van der Waals surface area contributed by atoms with Crippen LogP contribution >= 0.6 is 0 Å². The highest BCUT2D eigenvalue weighted by Crippen LogP contribution is 2.24. The minimum absolute atomic E-state index is 0.0787. The van der Waals surface area contributed by atoms with Crippen LogP contribution in [-0.2, 0) is 38.0 Å². The number of anilines is 1. The molecule has 2 amide bonds. The van der Waals surface area contributed by atoms with Crippen molar-refractivity contribution in [2.24, 2.45) is 7.05 Å². The fourth-order valence-corrected chi connectivity index (χ4v) is 3.71. The van der Waals surface area contributed by atoms with Crippen LogP contribution in [0, 0.1) is 6.92 Å². The van der Waals surface area contributed by atoms with Gasteiger partial charge in [-0.3, -0.25) is 4.68 Å². The molecule has 150 valence electrons. The number of carbonyl (C=O) groups is 1. The molecule has 2 heterocycles. The van der Waals surface area contributed by atoms with E-state index in [0.29, 0.717) is 26.3 Å². The molecule has 1 aliphatic rings. The van der Waals surface area contributed by atoms with Gasteiger partial charge >= 0.3 is 6.03 Å². The van der Waals surface area contributed by atoms with Gasteiger partial charge in [-0.05, 0) is 24.1 Å². The third-order valence-corrected chi connectivity index (χ3v) is 5.35. The number of hydrogen-bond acceptors (Lipinski definition) is 3. The third kappa shape index (κ3) is 4.32. The van der Waals surface area contributed by atoms with Crippen LogP contribution in [0.15, 0.2) is 54.6 Å². The van der Waals surface area contributed by atoms with Crippen LogP contribution in [0.5, 0.6) is 0 Å². The second-order valence-corrected chi connectivity index (χ2v) is 7.39. The average Bonchev–Trinajstić information content (AvgIpc) is 3.05. The first-order valence-electron chi connectivity index (χ1n) is 9.88. The fraction of sp³-hybridized carbons (Fsp3) is 0.304. The summed E-state index contributed by atoms with van der Waals surface area (Å²) in [5, 5.41) is 7.68. The number of hydrogen-bond donors (Lipinski definition) is 1. The number of para-hydroxylation sites is 1. The summed E-state index contributed by atoms with van der Waals surface area (Å²) in [4.78, 5) is 14.6. The number of rotatable bonds is 5. The molecule has 0 aliphatic carbocycles. The first-order chi connectivity index (χ1) is 14.1. The van der Waals surface area contributed by atoms with Crippen LogP contribution in [0.1, 0.15) is 28.1 Å². The molecule has 0 atom stereocenters. The van der Waals surface area contributed by atoms with Gasteiger partial charge in [0.25, 0.3) is 0 Å². The van der Waals surface area contributed by atoms with E-state index in [0.717, 1.165) is 34.5 Å². The molecule has 2 aromatic carbocycles. The minimum atomic E-state index is -0.0787. The van der Waals surface area contributed by atoms with Crippen molar-refractivity contribution in [3.05, 3.63) is 82.7 Å². The van der Waals surface area contributed by atoms with Gasteiger partial charge in [-0.15, -0.1) is 0 Å². The Morgan fingerprint density at radius 1 is 1.10 bits per heavy atom. The molecular formula is C23H26N4O2. The number of nitrogens with one attached hydrogen (secondary N) is 1. The predicted molar refractivity (Wildman–Crippen MR) is 112 cm³/mol. The zero-order valence-electron chi connectivity index (χ0n) is 16.9. The van der Waals surface area contributed by atoms with Crippen LogP contribution in [-0.4, -0.2) is 27.3 Å². The Bertz CT molecular complexity index is 997. The quantitative estimate of drug-likeness (QED) is 0.715. The summed E-state index contributed by atoms with van der Waals surface area (Å²) < 4.78 is 7.82. The highest BCUT2D eigenvalue weighted by Gasteiger charge is 2.26. The highest BCUT2D eigenvalue weighted by molar-refractivity contribution is 5.90. The molecule has 1 aromatic heterocycles. The molecule has 0 radical (unpaired) electrons. The molecule has 29 heavy (non-hydrogen) atoms. The van der Waals surface area contributed by atoms with Gasteiger partial charge in [0.2, 0.25) is 0 Å². The SMILES string of the molecule is Cc1ccccc1NC(=O)N1CCc2c(c(COCc3ccccc3)nn2C)C1. The number of urea groups is 1. The zero-order valence-corrected chi connectivity index (χ0v) is 16.9. The first kappa shape index (κ1) is 19.2. The van der Waals surface area contributed by atoms with Crippen molar-refractivity contribution in [2.45, 2.75) is 33.1 Å². The Morgan fingerprint density at radius 2 is 1.86 bits per heavy atom. The lowest BCUT2D eigenvalue weighted by atomic mass is 10.1. The molecule has 1 aliphatic heterocycles. The van der Waals surface area contributed by atoms with E-state index < -0.39 is 0 Å². The highest BCUT2D eigenvalue weighted by atomic mass is 16.5. The number of nitrogens with zero attached hydrogens (tertiary/aromatic N) is 3. The summed E-state index contributed by atoms with van der Waals surface area (Å²) in [5.41, 5.74) is 6.23. The Kier molecular flexibility index (Phi) is 5.62. The number of amides is 2. The van der Waals surface area contributed by atoms with E-state index in [2.05, 4.69) is 10.4 Å². The molecule has 0 fully saturated rings. The van der Waals surface area contributed by atoms with E-state index in [9.17, 15) is 4.79 Å². The van der Waals surface area contributed by atoms with Crippen molar-refractivity contribution >= 4 is 11.7 Å². The number of fused-ring (bicyclic) bond motifs is 1. The Hall–Kier alpha value is -3.12. The predicted octanol–water partition coefficient (Wildman–Crippen LogP) is 4.04. The van der Waals surface area contributed by atoms with E-state index in [1.54, 1.807) is 0 Å². The van der Waals surface area contributed by atoms with Crippen molar-refractivity contribution in [3.8, 4) is 0 Å². The van der Waals surface area contributed by atoms with Gasteiger partial charge in [0.05, 0.1) is 25.5 Å². The normalized spacial score (nSPS) is 13.2. The fourth-order valence-electron chi connectivity index (χ4n) is 3.71. The van der Waals surface area contributed by atoms with Gasteiger partial charge in [-0.1, -0.05) is 48.5 Å². The largest absolute Gasteiger partial charge is 0.370 e. The second-order valence-electron chi connectivity index (χ2n) is 7.39. The van der Waals surface area contributed by atoms with E-state index in [1.165, 1.54) is 5.69 Å². The molecule has 1 N–H and O–H groups in total. The maximum absolute atomic E-state index is 12.8. The zero-order chi connectivity index (χ0) is 20.2. The average molecular weight is 390 g/mol. The number of ether oxygens (including phenoxy) is 1. The third-order valence-electron chi connectivity index (χ3n) is 5.35. The number of aryl methyl sites for hydroxylation is 2. The Balaban J connectivity index is 1.42. The van der Waals surface area contributed by atoms with Crippen molar-refractivity contribution in [1.29, 1.82) is 0 Å². The lowest BCUT2D eigenvalue weighted by Crippen LogP contribution is -2.39. The molecule has 3 aromatic rings. The summed E-state index contributed by atoms with van der Waals surface area (Å²) in [6.45, 7) is 4.20. The van der Waals surface area contributed by atoms with E-state index in [-0.39, 0.29) is 6.03 Å². The van der Waals surface area contributed by atoms with Crippen LogP contribution < -0.4 is 5.32 Å². The maximum Gasteiger partial charge on any atom is 0.322 e. The summed E-state index contributed by atoms with van der Waals surface area (Å²) in [6.07, 6.45) is 0.790. The number of carbonyl (C=O) groups excluding carboxylic acids is 1. The molecule has 6 nitrogen and oxygen atoms in total. The second kappa shape index (κ2) is 8.49. The summed E-state index contributed by atoms with van der Waals surface area (Å²) in [5.74, 6) is 0. The van der Waals surface area contributed by atoms with Gasteiger partial charge in [0, 0.05) is 37.0 Å². The molecular weight excluding hydrogens is 364 g/mol. The van der Waals surface area contributed by atoms with E-state index in [1.807, 2.05) is 78.2 Å². The summed E-state index contributed by atoms with van der Waals surface area (Å²) in [7, 11) is 1.96. The van der Waals surface area contributed by atoms with Gasteiger partial charge < -0.3 is 15.0 Å². The van der Waals surface area contributed by atoms with Crippen LogP contribution in [0.3, 0.4) is 0 Å². The molecule has 0 bridgehead atoms. The standard InChI is InChI=1S/C23H26N4O2/c1-17-8-6-7-11-20(17)24-23(28)27-13-12-22-19(14-27)21(25-26(22)2)16-29-15-18-9-4-3-5-10-18/h3-11H,12-16H2,1-2H3,(H,24,28). The van der Waals surface area contributed by atoms with E-state index in [4.69, 9.17) is 4.74 Å². The minimum Gasteiger partial charge on any atom is -0.370 e. The van der Waals surface area contributed by atoms with Gasteiger partial charge in [-0.25, -0.2) is 4.79 Å². The lowest BCUT2D eigenvalue weighted by Gasteiger charge is -2.28. The number of benzene rings is 2. The molecule has 0 unspecified atom stereocenters. The van der Waals surface area contributed by atoms with E-state index >= 15 is 0 Å². The summed E-state index contributed by atoms with van der Waals surface area (Å²) in [6, 6.07) is 17.8. The molecule has 0 spiro atoms. The first-order valence-corrected chi connectivity index (χ1v) is 9.88. The molecule has 4 rings (SSSR count). The van der Waals surface area contributed by atoms with Gasteiger partial charge in [0.15, 0.2) is 0 Å². The van der Waals surface area contributed by atoms with Gasteiger partial charge in [0.1, 0.15) is 0 Å². The summed E-state index contributed by atoms with van der Waals surface area (Å²) >= 11 is 0. The van der Waals surface area contributed by atoms with Gasteiger partial charge in [-0.2, -0.15) is 5.10 Å².